The summed E-state index contributed by atoms with van der Waals surface area (Å²) >= 11 is 6.13. The Kier molecular flexibility index (Phi) is 5.83. The molecule has 0 aliphatic carbocycles. The molecule has 0 bridgehead atoms. The van der Waals surface area contributed by atoms with Crippen molar-refractivity contribution < 1.29 is 13.2 Å². The van der Waals surface area contributed by atoms with Gasteiger partial charge in [-0.1, -0.05) is 23.7 Å². The van der Waals surface area contributed by atoms with E-state index in [1.54, 1.807) is 16.9 Å². The number of benzene rings is 2. The Morgan fingerprint density at radius 1 is 1.18 bits per heavy atom. The van der Waals surface area contributed by atoms with Crippen molar-refractivity contribution in [3.05, 3.63) is 77.1 Å². The fourth-order valence-corrected chi connectivity index (χ4v) is 3.71. The third-order valence-electron chi connectivity index (χ3n) is 4.05. The molecule has 1 amide bonds. The van der Waals surface area contributed by atoms with E-state index in [1.807, 2.05) is 30.5 Å². The van der Waals surface area contributed by atoms with E-state index >= 15 is 0 Å². The Morgan fingerprint density at radius 3 is 2.64 bits per heavy atom. The Balaban J connectivity index is 1.83. The van der Waals surface area contributed by atoms with E-state index < -0.39 is 15.9 Å². The van der Waals surface area contributed by atoms with Gasteiger partial charge < -0.3 is 5.32 Å². The molecule has 0 radical (unpaired) electrons. The molecule has 0 aliphatic rings. The lowest BCUT2D eigenvalue weighted by atomic mass is 10.1. The van der Waals surface area contributed by atoms with Crippen LogP contribution in [0.25, 0.3) is 0 Å². The van der Waals surface area contributed by atoms with Crippen molar-refractivity contribution in [1.29, 1.82) is 0 Å². The number of halogens is 1. The third-order valence-corrected chi connectivity index (χ3v) is 6.19. The summed E-state index contributed by atoms with van der Waals surface area (Å²) in [7, 11) is -0.823. The van der Waals surface area contributed by atoms with E-state index in [-0.39, 0.29) is 15.5 Å². The van der Waals surface area contributed by atoms with Crippen molar-refractivity contribution in [3.8, 4) is 0 Å². The maximum Gasteiger partial charge on any atom is 0.257 e. The second kappa shape index (κ2) is 8.14. The molecule has 0 unspecified atom stereocenters. The van der Waals surface area contributed by atoms with Gasteiger partial charge in [0, 0.05) is 32.2 Å². The number of rotatable bonds is 6. The van der Waals surface area contributed by atoms with Crippen LogP contribution in [0, 0.1) is 0 Å². The van der Waals surface area contributed by atoms with Gasteiger partial charge >= 0.3 is 0 Å². The fraction of sp³-hybridized carbons (Fsp3) is 0.158. The van der Waals surface area contributed by atoms with Crippen LogP contribution in [-0.4, -0.2) is 42.5 Å². The van der Waals surface area contributed by atoms with Gasteiger partial charge in [0.05, 0.1) is 22.0 Å². The van der Waals surface area contributed by atoms with E-state index in [0.717, 1.165) is 9.87 Å². The normalized spacial score (nSPS) is 11.6. The average molecular weight is 419 g/mol. The molecule has 0 aliphatic heterocycles. The molecule has 0 saturated carbocycles. The first kappa shape index (κ1) is 20.1. The smallest absolute Gasteiger partial charge is 0.257 e. The lowest BCUT2D eigenvalue weighted by Crippen LogP contribution is -2.23. The molecule has 0 spiro atoms. The Bertz CT molecular complexity index is 1100. The predicted molar refractivity (Wildman–Crippen MR) is 108 cm³/mol. The monoisotopic (exact) mass is 418 g/mol. The second-order valence-corrected chi connectivity index (χ2v) is 8.85. The summed E-state index contributed by atoms with van der Waals surface area (Å²) < 4.78 is 27.5. The first-order chi connectivity index (χ1) is 13.3. The molecule has 3 rings (SSSR count). The number of hydrogen-bond acceptors (Lipinski definition) is 4. The number of nitrogens with one attached hydrogen (secondary N) is 1. The van der Waals surface area contributed by atoms with Crippen LogP contribution in [-0.2, 0) is 16.6 Å². The summed E-state index contributed by atoms with van der Waals surface area (Å²) in [5, 5.41) is 7.09. The van der Waals surface area contributed by atoms with E-state index in [0.29, 0.717) is 12.2 Å². The first-order valence-electron chi connectivity index (χ1n) is 8.37. The van der Waals surface area contributed by atoms with Crippen molar-refractivity contribution in [2.75, 3.05) is 19.4 Å². The van der Waals surface area contributed by atoms with Gasteiger partial charge in [0.25, 0.3) is 5.91 Å². The summed E-state index contributed by atoms with van der Waals surface area (Å²) in [6.07, 6.45) is 3.55. The minimum Gasteiger partial charge on any atom is -0.322 e. The van der Waals surface area contributed by atoms with Crippen molar-refractivity contribution in [2.24, 2.45) is 0 Å². The molecule has 1 aromatic heterocycles. The van der Waals surface area contributed by atoms with Gasteiger partial charge in [-0.2, -0.15) is 5.10 Å². The number of aromatic nitrogens is 2. The van der Waals surface area contributed by atoms with E-state index in [9.17, 15) is 13.2 Å². The van der Waals surface area contributed by atoms with Crippen LogP contribution < -0.4 is 5.32 Å². The molecule has 9 heteroatoms. The predicted octanol–water partition coefficient (Wildman–Crippen LogP) is 3.09. The van der Waals surface area contributed by atoms with E-state index in [4.69, 9.17) is 11.6 Å². The van der Waals surface area contributed by atoms with Crippen LogP contribution in [0.15, 0.2) is 65.8 Å². The molecular weight excluding hydrogens is 400 g/mol. The summed E-state index contributed by atoms with van der Waals surface area (Å²) in [6.45, 7) is 0.564. The van der Waals surface area contributed by atoms with Gasteiger partial charge in [-0.05, 0) is 42.0 Å². The van der Waals surface area contributed by atoms with E-state index in [2.05, 4.69) is 10.4 Å². The molecule has 1 N–H and O–H groups in total. The summed E-state index contributed by atoms with van der Waals surface area (Å²) in [5.41, 5.74) is 1.62. The van der Waals surface area contributed by atoms with Gasteiger partial charge in [0.2, 0.25) is 10.0 Å². The molecular formula is C19H19ClN4O3S. The van der Waals surface area contributed by atoms with Gasteiger partial charge in [-0.3, -0.25) is 9.48 Å². The van der Waals surface area contributed by atoms with Gasteiger partial charge in [0.15, 0.2) is 0 Å². The zero-order valence-corrected chi connectivity index (χ0v) is 16.9. The zero-order chi connectivity index (χ0) is 20.3. The second-order valence-electron chi connectivity index (χ2n) is 6.29. The summed E-state index contributed by atoms with van der Waals surface area (Å²) in [5.74, 6) is -0.489. The highest BCUT2D eigenvalue weighted by Crippen LogP contribution is 2.23. The van der Waals surface area contributed by atoms with Crippen molar-refractivity contribution in [1.82, 2.24) is 14.1 Å². The quantitative estimate of drug-likeness (QED) is 0.666. The number of amides is 1. The van der Waals surface area contributed by atoms with Crippen LogP contribution in [0.3, 0.4) is 0 Å². The molecule has 28 heavy (non-hydrogen) atoms. The minimum atomic E-state index is -3.67. The van der Waals surface area contributed by atoms with Crippen LogP contribution in [0.2, 0.25) is 5.02 Å². The molecule has 146 valence electrons. The maximum atomic E-state index is 12.7. The van der Waals surface area contributed by atoms with Gasteiger partial charge in [-0.15, -0.1) is 0 Å². The Hall–Kier alpha value is -2.68. The van der Waals surface area contributed by atoms with Crippen LogP contribution in [0.4, 0.5) is 5.69 Å². The average Bonchev–Trinajstić information content (AvgIpc) is 3.15. The standard InChI is InChI=1S/C19H19ClN4O3S/c1-23(2)28(26,27)16-7-8-18(20)17(12-16)19(25)22-15-6-3-5-14(11-15)13-24-10-4-9-21-24/h3-12H,13H2,1-2H3,(H,22,25). The van der Waals surface area contributed by atoms with Crippen LogP contribution >= 0.6 is 11.6 Å². The highest BCUT2D eigenvalue weighted by atomic mass is 35.5. The number of anilines is 1. The third kappa shape index (κ3) is 4.41. The molecule has 2 aromatic carbocycles. The fourth-order valence-electron chi connectivity index (χ4n) is 2.58. The van der Waals surface area contributed by atoms with E-state index in [1.165, 1.54) is 32.3 Å². The maximum absolute atomic E-state index is 12.7. The molecule has 7 nitrogen and oxygen atoms in total. The molecule has 0 atom stereocenters. The topological polar surface area (TPSA) is 84.3 Å². The largest absolute Gasteiger partial charge is 0.322 e. The number of sulfonamides is 1. The highest BCUT2D eigenvalue weighted by molar-refractivity contribution is 7.89. The minimum absolute atomic E-state index is 0.000479. The van der Waals surface area contributed by atoms with Crippen molar-refractivity contribution >= 4 is 33.2 Å². The van der Waals surface area contributed by atoms with Crippen LogP contribution in [0.5, 0.6) is 0 Å². The Morgan fingerprint density at radius 2 is 1.96 bits per heavy atom. The lowest BCUT2D eigenvalue weighted by molar-refractivity contribution is 0.102. The Labute approximate surface area is 168 Å². The zero-order valence-electron chi connectivity index (χ0n) is 15.3. The molecule has 3 aromatic rings. The first-order valence-corrected chi connectivity index (χ1v) is 10.2. The summed E-state index contributed by atoms with van der Waals surface area (Å²) in [6, 6.07) is 13.2. The number of carbonyl (C=O) groups excluding carboxylic acids is 1. The number of hydrogen-bond donors (Lipinski definition) is 1. The summed E-state index contributed by atoms with van der Waals surface area (Å²) in [4.78, 5) is 12.7. The van der Waals surface area contributed by atoms with Crippen molar-refractivity contribution in [3.63, 3.8) is 0 Å². The highest BCUT2D eigenvalue weighted by Gasteiger charge is 2.21. The lowest BCUT2D eigenvalue weighted by Gasteiger charge is -2.13. The molecule has 0 saturated heterocycles. The van der Waals surface area contributed by atoms with Gasteiger partial charge in [-0.25, -0.2) is 12.7 Å². The number of nitrogens with zero attached hydrogens (tertiary/aromatic N) is 3. The van der Waals surface area contributed by atoms with Crippen LogP contribution in [0.1, 0.15) is 15.9 Å². The van der Waals surface area contributed by atoms with Crippen molar-refractivity contribution in [2.45, 2.75) is 11.4 Å². The SMILES string of the molecule is CN(C)S(=O)(=O)c1ccc(Cl)c(C(=O)Nc2cccc(Cn3cccn3)c2)c1. The molecule has 1 heterocycles. The molecule has 0 fully saturated rings. The van der Waals surface area contributed by atoms with Gasteiger partial charge in [0.1, 0.15) is 0 Å². The number of carbonyl (C=O) groups is 1.